The molecule has 0 radical (unpaired) electrons. The van der Waals surface area contributed by atoms with E-state index in [-0.39, 0.29) is 6.42 Å². The number of nitrogens with one attached hydrogen (secondary N) is 2. The van der Waals surface area contributed by atoms with E-state index in [4.69, 9.17) is 5.73 Å². The van der Waals surface area contributed by atoms with Crippen molar-refractivity contribution in [3.63, 3.8) is 0 Å². The lowest BCUT2D eigenvalue weighted by Gasteiger charge is -2.28. The van der Waals surface area contributed by atoms with Crippen molar-refractivity contribution in [2.75, 3.05) is 14.2 Å². The molecule has 0 aromatic heterocycles. The van der Waals surface area contributed by atoms with Crippen molar-refractivity contribution in [3.8, 4) is 0 Å². The number of hydrogen-bond donors (Lipinski definition) is 3. The van der Waals surface area contributed by atoms with Gasteiger partial charge in [0.1, 0.15) is 17.9 Å². The maximum Gasteiger partial charge on any atom is 0.320 e. The van der Waals surface area contributed by atoms with Crippen molar-refractivity contribution in [2.24, 2.45) is 17.6 Å². The number of nitrogens with two attached hydrogens (primary N) is 1. The van der Waals surface area contributed by atoms with Gasteiger partial charge in [0.05, 0.1) is 14.2 Å². The van der Waals surface area contributed by atoms with E-state index in [1.165, 1.54) is 32.0 Å². The van der Waals surface area contributed by atoms with Crippen LogP contribution >= 0.6 is 0 Å². The number of methoxy groups -OCH3 is 2. The Morgan fingerprint density at radius 3 is 2.10 bits per heavy atom. The van der Waals surface area contributed by atoms with Crippen molar-refractivity contribution in [3.05, 3.63) is 35.6 Å². The van der Waals surface area contributed by atoms with Crippen molar-refractivity contribution in [1.29, 1.82) is 0 Å². The number of esters is 2. The Kier molecular flexibility index (Phi) is 9.58. The van der Waals surface area contributed by atoms with Gasteiger partial charge in [0.25, 0.3) is 0 Å². The van der Waals surface area contributed by atoms with E-state index in [1.54, 1.807) is 6.07 Å². The molecule has 3 amide bonds. The molecule has 0 saturated heterocycles. The van der Waals surface area contributed by atoms with Gasteiger partial charge < -0.3 is 25.8 Å². The van der Waals surface area contributed by atoms with E-state index in [9.17, 15) is 28.4 Å². The predicted octanol–water partition coefficient (Wildman–Crippen LogP) is -0.559. The molecule has 4 N–H and O–H groups in total. The minimum Gasteiger partial charge on any atom is -0.468 e. The fourth-order valence-corrected chi connectivity index (χ4v) is 3.04. The number of carbonyl (C=O) groups excluding carboxylic acids is 5. The van der Waals surface area contributed by atoms with Gasteiger partial charge in [0.15, 0.2) is 5.92 Å². The summed E-state index contributed by atoms with van der Waals surface area (Å²) in [7, 11) is 2.10. The molecule has 0 fully saturated rings. The number of benzene rings is 1. The van der Waals surface area contributed by atoms with Crippen LogP contribution in [0.3, 0.4) is 0 Å². The van der Waals surface area contributed by atoms with Crippen molar-refractivity contribution in [1.82, 2.24) is 10.6 Å². The summed E-state index contributed by atoms with van der Waals surface area (Å²) in [5, 5.41) is 4.78. The topological polar surface area (TPSA) is 154 Å². The monoisotopic (exact) mass is 439 g/mol. The summed E-state index contributed by atoms with van der Waals surface area (Å²) in [6.07, 6.45) is -0.0829. The molecular formula is C20H26FN3O7. The molecule has 1 rings (SSSR count). The van der Waals surface area contributed by atoms with Crippen LogP contribution in [0.25, 0.3) is 0 Å². The SMILES string of the molecule is COC(=O)C(C(=O)OC)[C@@H](C)[C@H](NC(=O)[C@H](Cc1cccc(F)c1)NC(C)=O)C(N)=O. The Morgan fingerprint density at radius 2 is 1.65 bits per heavy atom. The number of ether oxygens (including phenoxy) is 2. The number of primary amides is 1. The largest absolute Gasteiger partial charge is 0.468 e. The number of amides is 3. The molecule has 1 aromatic carbocycles. The number of carbonyl (C=O) groups is 5. The first-order valence-corrected chi connectivity index (χ1v) is 9.28. The van der Waals surface area contributed by atoms with Crippen LogP contribution in [0.5, 0.6) is 0 Å². The van der Waals surface area contributed by atoms with Gasteiger partial charge in [-0.05, 0) is 17.7 Å². The molecule has 170 valence electrons. The molecule has 0 spiro atoms. The summed E-state index contributed by atoms with van der Waals surface area (Å²) < 4.78 is 22.6. The molecule has 0 bridgehead atoms. The highest BCUT2D eigenvalue weighted by Gasteiger charge is 2.41. The van der Waals surface area contributed by atoms with Crippen LogP contribution in [0.2, 0.25) is 0 Å². The summed E-state index contributed by atoms with van der Waals surface area (Å²) >= 11 is 0. The van der Waals surface area contributed by atoms with Crippen LogP contribution in [-0.2, 0) is 39.9 Å². The standard InChI is InChI=1S/C20H26FN3O7/c1-10(15(19(28)30-3)20(29)31-4)16(17(22)26)24-18(27)14(23-11(2)25)9-12-6-5-7-13(21)8-12/h5-8,10,14-16H,9H2,1-4H3,(H2,22,26)(H,23,25)(H,24,27)/t10-,14+,16+/m1/s1. The van der Waals surface area contributed by atoms with Gasteiger partial charge in [-0.15, -0.1) is 0 Å². The maximum absolute atomic E-state index is 13.5. The van der Waals surface area contributed by atoms with E-state index in [1.807, 2.05) is 0 Å². The van der Waals surface area contributed by atoms with E-state index in [0.29, 0.717) is 5.56 Å². The Morgan fingerprint density at radius 1 is 1.06 bits per heavy atom. The zero-order chi connectivity index (χ0) is 23.7. The number of halogens is 1. The molecule has 31 heavy (non-hydrogen) atoms. The lowest BCUT2D eigenvalue weighted by Crippen LogP contribution is -2.57. The van der Waals surface area contributed by atoms with Crippen LogP contribution in [0.1, 0.15) is 19.4 Å². The molecule has 0 aliphatic rings. The Bertz CT molecular complexity index is 830. The number of hydrogen-bond acceptors (Lipinski definition) is 7. The molecule has 1 aromatic rings. The average molecular weight is 439 g/mol. The third-order valence-electron chi connectivity index (χ3n) is 4.59. The van der Waals surface area contributed by atoms with Crippen molar-refractivity contribution in [2.45, 2.75) is 32.4 Å². The van der Waals surface area contributed by atoms with Gasteiger partial charge in [-0.3, -0.25) is 24.0 Å². The van der Waals surface area contributed by atoms with Gasteiger partial charge in [-0.2, -0.15) is 0 Å². The highest BCUT2D eigenvalue weighted by Crippen LogP contribution is 2.20. The smallest absolute Gasteiger partial charge is 0.320 e. The van der Waals surface area contributed by atoms with Crippen LogP contribution in [0.15, 0.2) is 24.3 Å². The number of rotatable bonds is 10. The quantitative estimate of drug-likeness (QED) is 0.326. The second-order valence-corrected chi connectivity index (χ2v) is 6.86. The Labute approximate surface area is 178 Å². The molecule has 3 atom stereocenters. The van der Waals surface area contributed by atoms with Gasteiger partial charge >= 0.3 is 11.9 Å². The van der Waals surface area contributed by atoms with Gasteiger partial charge in [-0.25, -0.2) is 4.39 Å². The van der Waals surface area contributed by atoms with Crippen LogP contribution < -0.4 is 16.4 Å². The minimum atomic E-state index is -1.53. The molecule has 0 aliphatic carbocycles. The molecule has 11 heteroatoms. The summed E-state index contributed by atoms with van der Waals surface area (Å²) in [5.74, 6) is -7.52. The van der Waals surface area contributed by atoms with Gasteiger partial charge in [0.2, 0.25) is 17.7 Å². The van der Waals surface area contributed by atoms with E-state index in [2.05, 4.69) is 20.1 Å². The highest BCUT2D eigenvalue weighted by atomic mass is 19.1. The third kappa shape index (κ3) is 7.36. The molecule has 0 saturated carbocycles. The maximum atomic E-state index is 13.5. The van der Waals surface area contributed by atoms with Crippen LogP contribution in [0, 0.1) is 17.7 Å². The molecule has 0 heterocycles. The summed E-state index contributed by atoms with van der Waals surface area (Å²) in [5.41, 5.74) is 5.80. The summed E-state index contributed by atoms with van der Waals surface area (Å²) in [6, 6.07) is 2.77. The zero-order valence-electron chi connectivity index (χ0n) is 17.6. The Balaban J connectivity index is 3.14. The molecule has 0 unspecified atom stereocenters. The minimum absolute atomic E-state index is 0.0829. The Hall–Kier alpha value is -3.50. The molecular weight excluding hydrogens is 413 g/mol. The lowest BCUT2D eigenvalue weighted by molar-refractivity contribution is -0.162. The lowest BCUT2D eigenvalue weighted by atomic mass is 9.86. The predicted molar refractivity (Wildman–Crippen MR) is 106 cm³/mol. The highest BCUT2D eigenvalue weighted by molar-refractivity contribution is 5.97. The van der Waals surface area contributed by atoms with Gasteiger partial charge in [0, 0.05) is 19.3 Å². The van der Waals surface area contributed by atoms with E-state index >= 15 is 0 Å². The van der Waals surface area contributed by atoms with Crippen LogP contribution in [0.4, 0.5) is 4.39 Å². The van der Waals surface area contributed by atoms with Crippen molar-refractivity contribution >= 4 is 29.7 Å². The normalized spacial score (nSPS) is 13.5. The fourth-order valence-electron chi connectivity index (χ4n) is 3.04. The first-order valence-electron chi connectivity index (χ1n) is 9.28. The second kappa shape index (κ2) is 11.6. The first-order chi connectivity index (χ1) is 14.5. The van der Waals surface area contributed by atoms with E-state index in [0.717, 1.165) is 14.2 Å². The molecule has 0 aliphatic heterocycles. The average Bonchev–Trinajstić information content (AvgIpc) is 2.70. The van der Waals surface area contributed by atoms with E-state index < -0.39 is 59.4 Å². The fraction of sp³-hybridized carbons (Fsp3) is 0.450. The summed E-state index contributed by atoms with van der Waals surface area (Å²) in [4.78, 5) is 60.5. The molecule has 10 nitrogen and oxygen atoms in total. The van der Waals surface area contributed by atoms with Gasteiger partial charge in [-0.1, -0.05) is 19.1 Å². The zero-order valence-corrected chi connectivity index (χ0v) is 17.6. The first kappa shape index (κ1) is 25.5. The van der Waals surface area contributed by atoms with Crippen molar-refractivity contribution < 1.29 is 37.8 Å². The second-order valence-electron chi connectivity index (χ2n) is 6.86. The summed E-state index contributed by atoms with van der Waals surface area (Å²) in [6.45, 7) is 2.53. The third-order valence-corrected chi connectivity index (χ3v) is 4.59. The van der Waals surface area contributed by atoms with Crippen LogP contribution in [-0.4, -0.2) is 56.0 Å².